The molecule has 20 heavy (non-hydrogen) atoms. The highest BCUT2D eigenvalue weighted by molar-refractivity contribution is 5.94. The van der Waals surface area contributed by atoms with E-state index in [-0.39, 0.29) is 5.91 Å². The van der Waals surface area contributed by atoms with Crippen molar-refractivity contribution >= 4 is 17.3 Å². The standard InChI is InChI=1S/C15H24N4O/c1-19(2)14-8-10-16-11-13(14)18-15(20)7-6-12-5-3-4-9-17-12/h8,10-12,17H,3-7,9H2,1-2H3,(H,18,20). The topological polar surface area (TPSA) is 57.3 Å². The number of nitrogens with one attached hydrogen (secondary N) is 2. The number of pyridine rings is 1. The molecule has 1 fully saturated rings. The Balaban J connectivity index is 1.85. The van der Waals surface area contributed by atoms with E-state index in [1.807, 2.05) is 25.1 Å². The SMILES string of the molecule is CN(C)c1ccncc1NC(=O)CCC1CCCCN1. The van der Waals surface area contributed by atoms with Gasteiger partial charge in [-0.2, -0.15) is 0 Å². The summed E-state index contributed by atoms with van der Waals surface area (Å²) in [4.78, 5) is 18.1. The third-order valence-electron chi connectivity index (χ3n) is 3.69. The van der Waals surface area contributed by atoms with Crippen LogP contribution in [0.25, 0.3) is 0 Å². The Morgan fingerprint density at radius 3 is 3.05 bits per heavy atom. The molecular weight excluding hydrogens is 252 g/mol. The highest BCUT2D eigenvalue weighted by Crippen LogP contribution is 2.22. The van der Waals surface area contributed by atoms with Crippen LogP contribution in [-0.4, -0.2) is 37.6 Å². The van der Waals surface area contributed by atoms with Gasteiger partial charge in [0.1, 0.15) is 0 Å². The van der Waals surface area contributed by atoms with Crippen molar-refractivity contribution in [2.75, 3.05) is 30.9 Å². The molecule has 0 bridgehead atoms. The number of carbonyl (C=O) groups excluding carboxylic acids is 1. The molecule has 0 radical (unpaired) electrons. The average Bonchev–Trinajstić information content (AvgIpc) is 2.46. The van der Waals surface area contributed by atoms with Crippen LogP contribution in [0.15, 0.2) is 18.5 Å². The maximum atomic E-state index is 12.0. The van der Waals surface area contributed by atoms with Crippen LogP contribution in [0.1, 0.15) is 32.1 Å². The molecule has 1 unspecified atom stereocenters. The van der Waals surface area contributed by atoms with Gasteiger partial charge in [0.05, 0.1) is 17.6 Å². The van der Waals surface area contributed by atoms with Crippen molar-refractivity contribution in [2.45, 2.75) is 38.1 Å². The average molecular weight is 276 g/mol. The van der Waals surface area contributed by atoms with E-state index in [0.717, 1.165) is 24.3 Å². The van der Waals surface area contributed by atoms with Gasteiger partial charge in [-0.15, -0.1) is 0 Å². The Morgan fingerprint density at radius 2 is 2.35 bits per heavy atom. The summed E-state index contributed by atoms with van der Waals surface area (Å²) in [6.07, 6.45) is 8.60. The number of hydrogen-bond acceptors (Lipinski definition) is 4. The molecule has 0 aliphatic carbocycles. The molecule has 0 spiro atoms. The molecule has 1 aromatic heterocycles. The van der Waals surface area contributed by atoms with Crippen molar-refractivity contribution in [3.05, 3.63) is 18.5 Å². The van der Waals surface area contributed by atoms with E-state index < -0.39 is 0 Å². The van der Waals surface area contributed by atoms with Gasteiger partial charge in [-0.05, 0) is 31.9 Å². The van der Waals surface area contributed by atoms with E-state index in [2.05, 4.69) is 15.6 Å². The minimum atomic E-state index is 0.0634. The minimum absolute atomic E-state index is 0.0634. The fraction of sp³-hybridized carbons (Fsp3) is 0.600. The molecule has 5 heteroatoms. The monoisotopic (exact) mass is 276 g/mol. The van der Waals surface area contributed by atoms with Crippen LogP contribution in [0.2, 0.25) is 0 Å². The largest absolute Gasteiger partial charge is 0.376 e. The summed E-state index contributed by atoms with van der Waals surface area (Å²) in [6.45, 7) is 1.08. The Bertz CT molecular complexity index is 441. The highest BCUT2D eigenvalue weighted by Gasteiger charge is 2.15. The predicted octanol–water partition coefficient (Wildman–Crippen LogP) is 2.01. The summed E-state index contributed by atoms with van der Waals surface area (Å²) < 4.78 is 0. The summed E-state index contributed by atoms with van der Waals surface area (Å²) in [5, 5.41) is 6.43. The molecule has 1 amide bonds. The van der Waals surface area contributed by atoms with Crippen LogP contribution in [-0.2, 0) is 4.79 Å². The number of nitrogens with zero attached hydrogens (tertiary/aromatic N) is 2. The molecule has 1 atom stereocenters. The first-order chi connectivity index (χ1) is 9.66. The number of carbonyl (C=O) groups is 1. The molecule has 1 aromatic rings. The van der Waals surface area contributed by atoms with Crippen molar-refractivity contribution in [3.8, 4) is 0 Å². The Kier molecular flexibility index (Phi) is 5.35. The minimum Gasteiger partial charge on any atom is -0.376 e. The van der Waals surface area contributed by atoms with Gasteiger partial charge in [0.15, 0.2) is 0 Å². The zero-order chi connectivity index (χ0) is 14.4. The molecule has 1 aliphatic rings. The van der Waals surface area contributed by atoms with Crippen LogP contribution < -0.4 is 15.5 Å². The van der Waals surface area contributed by atoms with Crippen molar-refractivity contribution in [3.63, 3.8) is 0 Å². The molecule has 0 saturated carbocycles. The molecule has 2 rings (SSSR count). The van der Waals surface area contributed by atoms with Crippen LogP contribution in [0.4, 0.5) is 11.4 Å². The molecule has 2 heterocycles. The number of rotatable bonds is 5. The van der Waals surface area contributed by atoms with E-state index in [1.54, 1.807) is 12.4 Å². The highest BCUT2D eigenvalue weighted by atomic mass is 16.1. The second-order valence-electron chi connectivity index (χ2n) is 5.52. The third kappa shape index (κ3) is 4.20. The first-order valence-corrected chi connectivity index (χ1v) is 7.31. The van der Waals surface area contributed by atoms with Crippen molar-refractivity contribution in [1.82, 2.24) is 10.3 Å². The van der Waals surface area contributed by atoms with E-state index in [1.165, 1.54) is 19.3 Å². The van der Waals surface area contributed by atoms with E-state index in [9.17, 15) is 4.79 Å². The van der Waals surface area contributed by atoms with Gasteiger partial charge in [-0.3, -0.25) is 9.78 Å². The smallest absolute Gasteiger partial charge is 0.224 e. The summed E-state index contributed by atoms with van der Waals surface area (Å²) in [6, 6.07) is 2.40. The van der Waals surface area contributed by atoms with Crippen LogP contribution in [0.3, 0.4) is 0 Å². The summed E-state index contributed by atoms with van der Waals surface area (Å²) >= 11 is 0. The lowest BCUT2D eigenvalue weighted by atomic mass is 10.0. The number of hydrogen-bond donors (Lipinski definition) is 2. The number of amides is 1. The lowest BCUT2D eigenvalue weighted by Gasteiger charge is -2.23. The lowest BCUT2D eigenvalue weighted by molar-refractivity contribution is -0.116. The second kappa shape index (κ2) is 7.24. The van der Waals surface area contributed by atoms with Gasteiger partial charge >= 0.3 is 0 Å². The van der Waals surface area contributed by atoms with E-state index in [4.69, 9.17) is 0 Å². The molecule has 1 saturated heterocycles. The Morgan fingerprint density at radius 1 is 1.50 bits per heavy atom. The zero-order valence-corrected chi connectivity index (χ0v) is 12.4. The summed E-state index contributed by atoms with van der Waals surface area (Å²) in [7, 11) is 3.91. The quantitative estimate of drug-likeness (QED) is 0.864. The molecule has 5 nitrogen and oxygen atoms in total. The predicted molar refractivity (Wildman–Crippen MR) is 82.1 cm³/mol. The van der Waals surface area contributed by atoms with Gasteiger partial charge in [0, 0.05) is 32.8 Å². The van der Waals surface area contributed by atoms with E-state index >= 15 is 0 Å². The fourth-order valence-corrected chi connectivity index (χ4v) is 2.56. The lowest BCUT2D eigenvalue weighted by Crippen LogP contribution is -2.34. The third-order valence-corrected chi connectivity index (χ3v) is 3.69. The van der Waals surface area contributed by atoms with Gasteiger partial charge in [0.2, 0.25) is 5.91 Å². The first kappa shape index (κ1) is 14.8. The number of anilines is 2. The van der Waals surface area contributed by atoms with E-state index in [0.29, 0.717) is 12.5 Å². The second-order valence-corrected chi connectivity index (χ2v) is 5.52. The zero-order valence-electron chi connectivity index (χ0n) is 12.4. The molecule has 1 aliphatic heterocycles. The van der Waals surface area contributed by atoms with Crippen LogP contribution in [0.5, 0.6) is 0 Å². The normalized spacial score (nSPS) is 18.6. The van der Waals surface area contributed by atoms with Gasteiger partial charge in [0.25, 0.3) is 0 Å². The van der Waals surface area contributed by atoms with Crippen LogP contribution in [0, 0.1) is 0 Å². The first-order valence-electron chi connectivity index (χ1n) is 7.31. The van der Waals surface area contributed by atoms with Crippen molar-refractivity contribution in [1.29, 1.82) is 0 Å². The molecule has 0 aromatic carbocycles. The number of aromatic nitrogens is 1. The van der Waals surface area contributed by atoms with Crippen molar-refractivity contribution < 1.29 is 4.79 Å². The van der Waals surface area contributed by atoms with Gasteiger partial charge in [-0.1, -0.05) is 6.42 Å². The Hall–Kier alpha value is -1.62. The Labute approximate surface area is 120 Å². The van der Waals surface area contributed by atoms with Crippen LogP contribution >= 0.6 is 0 Å². The molecular formula is C15H24N4O. The maximum absolute atomic E-state index is 12.0. The molecule has 2 N–H and O–H groups in total. The maximum Gasteiger partial charge on any atom is 0.224 e. The fourth-order valence-electron chi connectivity index (χ4n) is 2.56. The summed E-state index contributed by atoms with van der Waals surface area (Å²) in [5.74, 6) is 0.0634. The van der Waals surface area contributed by atoms with Crippen molar-refractivity contribution in [2.24, 2.45) is 0 Å². The van der Waals surface area contributed by atoms with Gasteiger partial charge < -0.3 is 15.5 Å². The summed E-state index contributed by atoms with van der Waals surface area (Å²) in [5.41, 5.74) is 1.75. The van der Waals surface area contributed by atoms with Gasteiger partial charge in [-0.25, -0.2) is 0 Å². The number of piperidine rings is 1. The molecule has 110 valence electrons.